The highest BCUT2D eigenvalue weighted by Crippen LogP contribution is 2.26. The van der Waals surface area contributed by atoms with Gasteiger partial charge in [-0.25, -0.2) is 8.42 Å². The van der Waals surface area contributed by atoms with E-state index in [1.807, 2.05) is 77.9 Å². The van der Waals surface area contributed by atoms with Gasteiger partial charge in [-0.05, 0) is 88.4 Å². The van der Waals surface area contributed by atoms with E-state index >= 15 is 0 Å². The van der Waals surface area contributed by atoms with Crippen molar-refractivity contribution >= 4 is 27.5 Å². The molecule has 7 nitrogen and oxygen atoms in total. The summed E-state index contributed by atoms with van der Waals surface area (Å²) in [5.74, 6) is -0.703. The molecule has 3 rings (SSSR count). The lowest BCUT2D eigenvalue weighted by Gasteiger charge is -2.35. The van der Waals surface area contributed by atoms with Gasteiger partial charge in [0.05, 0.1) is 10.6 Å². The number of carbonyl (C=O) groups is 2. The van der Waals surface area contributed by atoms with Crippen molar-refractivity contribution < 1.29 is 18.0 Å². The van der Waals surface area contributed by atoms with Gasteiger partial charge in [0, 0.05) is 12.1 Å². The average molecular weight is 564 g/mol. The van der Waals surface area contributed by atoms with Crippen molar-refractivity contribution in [3.8, 4) is 0 Å². The van der Waals surface area contributed by atoms with Crippen molar-refractivity contribution in [1.29, 1.82) is 0 Å². The van der Waals surface area contributed by atoms with Gasteiger partial charge >= 0.3 is 0 Å². The van der Waals surface area contributed by atoms with Gasteiger partial charge in [-0.2, -0.15) is 0 Å². The Morgan fingerprint density at radius 1 is 0.875 bits per heavy atom. The summed E-state index contributed by atoms with van der Waals surface area (Å²) in [7, 11) is -4.08. The molecule has 0 aliphatic heterocycles. The third kappa shape index (κ3) is 8.18. The van der Waals surface area contributed by atoms with Gasteiger partial charge in [0.15, 0.2) is 0 Å². The Morgan fingerprint density at radius 3 is 1.95 bits per heavy atom. The Balaban J connectivity index is 2.04. The molecule has 0 radical (unpaired) electrons. The van der Waals surface area contributed by atoms with Crippen molar-refractivity contribution in [3.05, 3.63) is 95.6 Å². The topological polar surface area (TPSA) is 86.8 Å². The zero-order chi connectivity index (χ0) is 29.5. The van der Waals surface area contributed by atoms with E-state index in [1.54, 1.807) is 30.3 Å². The van der Waals surface area contributed by atoms with E-state index in [1.165, 1.54) is 17.0 Å². The maximum atomic E-state index is 14.1. The van der Waals surface area contributed by atoms with Crippen LogP contribution in [0.3, 0.4) is 0 Å². The first-order valence-electron chi connectivity index (χ1n) is 13.6. The molecule has 0 aromatic heterocycles. The van der Waals surface area contributed by atoms with Crippen LogP contribution < -0.4 is 9.62 Å². The average Bonchev–Trinajstić information content (AvgIpc) is 2.88. The molecule has 0 unspecified atom stereocenters. The molecule has 0 aliphatic rings. The van der Waals surface area contributed by atoms with Crippen LogP contribution in [0.15, 0.2) is 83.8 Å². The maximum Gasteiger partial charge on any atom is 0.264 e. The zero-order valence-electron chi connectivity index (χ0n) is 24.3. The zero-order valence-corrected chi connectivity index (χ0v) is 25.2. The SMILES string of the molecule is CC[C@H](C(=O)NC(C)(C)C)N(CCc1ccccc1)C(=O)CN(c1cc(C)cc(C)c1)S(=O)(=O)c1ccccc1. The second-order valence-electron chi connectivity index (χ2n) is 11.2. The van der Waals surface area contributed by atoms with E-state index in [9.17, 15) is 18.0 Å². The number of hydrogen-bond acceptors (Lipinski definition) is 4. The molecule has 1 atom stereocenters. The number of carbonyl (C=O) groups excluding carboxylic acids is 2. The molecule has 0 saturated heterocycles. The summed E-state index contributed by atoms with van der Waals surface area (Å²) in [5, 5.41) is 3.00. The number of amides is 2. The summed E-state index contributed by atoms with van der Waals surface area (Å²) >= 11 is 0. The highest BCUT2D eigenvalue weighted by Gasteiger charge is 2.34. The Kier molecular flexibility index (Phi) is 10.1. The van der Waals surface area contributed by atoms with Crippen molar-refractivity contribution in [2.24, 2.45) is 0 Å². The van der Waals surface area contributed by atoms with Crippen molar-refractivity contribution in [1.82, 2.24) is 10.2 Å². The number of benzene rings is 3. The summed E-state index contributed by atoms with van der Waals surface area (Å²) in [5.41, 5.74) is 2.71. The van der Waals surface area contributed by atoms with Gasteiger partial charge in [0.25, 0.3) is 10.0 Å². The van der Waals surface area contributed by atoms with Crippen LogP contribution in [0.5, 0.6) is 0 Å². The number of hydrogen-bond donors (Lipinski definition) is 1. The van der Waals surface area contributed by atoms with Gasteiger partial charge < -0.3 is 10.2 Å². The van der Waals surface area contributed by atoms with Gasteiger partial charge in [0.2, 0.25) is 11.8 Å². The highest BCUT2D eigenvalue weighted by molar-refractivity contribution is 7.92. The number of sulfonamides is 1. The minimum absolute atomic E-state index is 0.0929. The molecule has 3 aromatic rings. The lowest BCUT2D eigenvalue weighted by atomic mass is 10.1. The van der Waals surface area contributed by atoms with Crippen LogP contribution in [0.2, 0.25) is 0 Å². The van der Waals surface area contributed by atoms with Crippen molar-refractivity contribution in [3.63, 3.8) is 0 Å². The fourth-order valence-corrected chi connectivity index (χ4v) is 6.11. The normalized spacial score (nSPS) is 12.4. The molecule has 0 heterocycles. The van der Waals surface area contributed by atoms with Crippen molar-refractivity contribution in [2.75, 3.05) is 17.4 Å². The van der Waals surface area contributed by atoms with Crippen LogP contribution >= 0.6 is 0 Å². The van der Waals surface area contributed by atoms with E-state index in [-0.39, 0.29) is 17.3 Å². The molecule has 0 aliphatic carbocycles. The first-order chi connectivity index (χ1) is 18.8. The summed E-state index contributed by atoms with van der Waals surface area (Å²) in [4.78, 5) is 29.1. The van der Waals surface area contributed by atoms with E-state index in [0.717, 1.165) is 21.0 Å². The predicted molar refractivity (Wildman–Crippen MR) is 161 cm³/mol. The molecule has 0 spiro atoms. The molecule has 1 N–H and O–H groups in total. The van der Waals surface area contributed by atoms with Crippen LogP contribution in [0.4, 0.5) is 5.69 Å². The molecule has 0 fully saturated rings. The molecule has 3 aromatic carbocycles. The van der Waals surface area contributed by atoms with Crippen LogP contribution in [0.1, 0.15) is 50.8 Å². The van der Waals surface area contributed by atoms with Crippen LogP contribution in [0, 0.1) is 13.8 Å². The fraction of sp³-hybridized carbons (Fsp3) is 0.375. The molecule has 2 amide bonds. The minimum atomic E-state index is -4.08. The van der Waals surface area contributed by atoms with Gasteiger partial charge in [-0.1, -0.05) is 61.5 Å². The lowest BCUT2D eigenvalue weighted by Crippen LogP contribution is -2.56. The lowest BCUT2D eigenvalue weighted by molar-refractivity contribution is -0.140. The van der Waals surface area contributed by atoms with Gasteiger partial charge in [0.1, 0.15) is 12.6 Å². The molecular formula is C32H41N3O4S. The Bertz CT molecular complexity index is 1380. The largest absolute Gasteiger partial charge is 0.350 e. The number of nitrogens with one attached hydrogen (secondary N) is 1. The highest BCUT2D eigenvalue weighted by atomic mass is 32.2. The molecule has 8 heteroatoms. The predicted octanol–water partition coefficient (Wildman–Crippen LogP) is 5.26. The van der Waals surface area contributed by atoms with E-state index in [2.05, 4.69) is 5.32 Å². The Labute approximate surface area is 239 Å². The molecular weight excluding hydrogens is 522 g/mol. The summed E-state index contributed by atoms with van der Waals surface area (Å²) in [6.45, 7) is 11.1. The molecule has 214 valence electrons. The van der Waals surface area contributed by atoms with Gasteiger partial charge in [-0.15, -0.1) is 0 Å². The van der Waals surface area contributed by atoms with Crippen LogP contribution in [0.25, 0.3) is 0 Å². The smallest absolute Gasteiger partial charge is 0.264 e. The summed E-state index contributed by atoms with van der Waals surface area (Å²) in [6, 6.07) is 22.6. The Morgan fingerprint density at radius 2 is 1.43 bits per heavy atom. The Hall–Kier alpha value is -3.65. The van der Waals surface area contributed by atoms with E-state index < -0.39 is 34.1 Å². The third-order valence-corrected chi connectivity index (χ3v) is 8.26. The monoisotopic (exact) mass is 563 g/mol. The number of aryl methyl sites for hydroxylation is 2. The number of anilines is 1. The quantitative estimate of drug-likeness (QED) is 0.345. The van der Waals surface area contributed by atoms with Gasteiger partial charge in [-0.3, -0.25) is 13.9 Å². The maximum absolute atomic E-state index is 14.1. The standard InChI is InChI=1S/C32H41N3O4S/c1-7-29(31(37)33-32(4,5)6)34(19-18-26-14-10-8-11-15-26)30(36)23-35(27-21-24(2)20-25(3)22-27)40(38,39)28-16-12-9-13-17-28/h8-17,20-22,29H,7,18-19,23H2,1-6H3,(H,33,37)/t29-/m1/s1. The minimum Gasteiger partial charge on any atom is -0.350 e. The summed E-state index contributed by atoms with van der Waals surface area (Å²) in [6.07, 6.45) is 0.915. The first-order valence-corrected chi connectivity index (χ1v) is 15.1. The summed E-state index contributed by atoms with van der Waals surface area (Å²) < 4.78 is 29.0. The van der Waals surface area contributed by atoms with E-state index in [0.29, 0.717) is 18.5 Å². The number of rotatable bonds is 11. The van der Waals surface area contributed by atoms with Crippen LogP contribution in [-0.4, -0.2) is 49.8 Å². The van der Waals surface area contributed by atoms with Crippen LogP contribution in [-0.2, 0) is 26.0 Å². The second kappa shape index (κ2) is 13.1. The molecule has 0 saturated carbocycles. The number of nitrogens with zero attached hydrogens (tertiary/aromatic N) is 2. The fourth-order valence-electron chi connectivity index (χ4n) is 4.69. The molecule has 0 bridgehead atoms. The second-order valence-corrected chi connectivity index (χ2v) is 13.0. The van der Waals surface area contributed by atoms with Crippen molar-refractivity contribution in [2.45, 2.75) is 70.9 Å². The third-order valence-electron chi connectivity index (χ3n) is 6.47. The first kappa shape index (κ1) is 30.9. The van der Waals surface area contributed by atoms with E-state index in [4.69, 9.17) is 0 Å². The molecule has 40 heavy (non-hydrogen) atoms.